The second kappa shape index (κ2) is 9.23. The molecule has 1 aromatic heterocycles. The number of H-pyrrole nitrogens is 1. The lowest BCUT2D eigenvalue weighted by molar-refractivity contribution is -0.115. The second-order valence-corrected chi connectivity index (χ2v) is 6.82. The van der Waals surface area contributed by atoms with E-state index in [1.165, 1.54) is 11.8 Å². The van der Waals surface area contributed by atoms with Crippen LogP contribution in [0.2, 0.25) is 0 Å². The third kappa shape index (κ3) is 4.89. The molecule has 3 aromatic rings. The predicted octanol–water partition coefficient (Wildman–Crippen LogP) is 4.24. The summed E-state index contributed by atoms with van der Waals surface area (Å²) in [5, 5.41) is 10.2. The number of nitrogens with zero attached hydrogens (tertiary/aromatic N) is 2. The Morgan fingerprint density at radius 1 is 1.15 bits per heavy atom. The zero-order valence-electron chi connectivity index (χ0n) is 15.3. The molecule has 0 spiro atoms. The van der Waals surface area contributed by atoms with E-state index in [1.807, 2.05) is 68.4 Å². The number of rotatable bonds is 8. The Balaban J connectivity index is 1.85. The molecular formula is C20H22N4O2S. The molecule has 2 aromatic carbocycles. The van der Waals surface area contributed by atoms with Crippen LogP contribution in [0.5, 0.6) is 5.75 Å². The third-order valence-electron chi connectivity index (χ3n) is 3.85. The average Bonchev–Trinajstić information content (AvgIpc) is 3.16. The summed E-state index contributed by atoms with van der Waals surface area (Å²) in [7, 11) is 0. The third-order valence-corrected chi connectivity index (χ3v) is 4.97. The highest BCUT2D eigenvalue weighted by atomic mass is 32.2. The lowest BCUT2D eigenvalue weighted by Crippen LogP contribution is -2.19. The van der Waals surface area contributed by atoms with Crippen molar-refractivity contribution in [3.63, 3.8) is 0 Å². The minimum Gasteiger partial charge on any atom is -0.492 e. The van der Waals surface area contributed by atoms with Gasteiger partial charge in [-0.3, -0.25) is 9.89 Å². The molecule has 0 bridgehead atoms. The van der Waals surface area contributed by atoms with Gasteiger partial charge in [0, 0.05) is 6.42 Å². The van der Waals surface area contributed by atoms with Gasteiger partial charge in [0.1, 0.15) is 16.8 Å². The van der Waals surface area contributed by atoms with E-state index in [9.17, 15) is 4.79 Å². The van der Waals surface area contributed by atoms with Gasteiger partial charge >= 0.3 is 0 Å². The lowest BCUT2D eigenvalue weighted by atomic mass is 10.1. The molecule has 140 valence electrons. The SMILES string of the molecule is CCOc1ccccc1NC(=O)C(Sc1n[nH]c(CC)n1)c1ccccc1. The summed E-state index contributed by atoms with van der Waals surface area (Å²) in [6, 6.07) is 17.0. The van der Waals surface area contributed by atoms with Crippen LogP contribution in [0, 0.1) is 0 Å². The Morgan fingerprint density at radius 2 is 1.89 bits per heavy atom. The summed E-state index contributed by atoms with van der Waals surface area (Å²) < 4.78 is 5.61. The molecule has 0 radical (unpaired) electrons. The highest BCUT2D eigenvalue weighted by Crippen LogP contribution is 2.35. The Labute approximate surface area is 162 Å². The summed E-state index contributed by atoms with van der Waals surface area (Å²) in [5.74, 6) is 1.30. The molecule has 1 atom stereocenters. The zero-order chi connectivity index (χ0) is 19.1. The number of aromatic nitrogens is 3. The maximum atomic E-state index is 13.1. The van der Waals surface area contributed by atoms with Crippen LogP contribution in [0.3, 0.4) is 0 Å². The molecule has 3 rings (SSSR count). The topological polar surface area (TPSA) is 79.9 Å². The van der Waals surface area contributed by atoms with Gasteiger partial charge in [-0.1, -0.05) is 61.2 Å². The number of aryl methyl sites for hydroxylation is 1. The lowest BCUT2D eigenvalue weighted by Gasteiger charge is -2.17. The minimum atomic E-state index is -0.485. The maximum absolute atomic E-state index is 13.1. The first-order chi connectivity index (χ1) is 13.2. The second-order valence-electron chi connectivity index (χ2n) is 5.75. The fourth-order valence-corrected chi connectivity index (χ4v) is 3.48. The highest BCUT2D eigenvalue weighted by Gasteiger charge is 2.25. The molecule has 0 saturated heterocycles. The number of para-hydroxylation sites is 2. The number of hydrogen-bond donors (Lipinski definition) is 2. The Bertz CT molecular complexity index is 882. The van der Waals surface area contributed by atoms with Crippen molar-refractivity contribution in [1.82, 2.24) is 15.2 Å². The van der Waals surface area contributed by atoms with Crippen LogP contribution in [0.1, 0.15) is 30.5 Å². The molecule has 27 heavy (non-hydrogen) atoms. The van der Waals surface area contributed by atoms with Gasteiger partial charge in [-0.2, -0.15) is 0 Å². The van der Waals surface area contributed by atoms with E-state index in [1.54, 1.807) is 0 Å². The quantitative estimate of drug-likeness (QED) is 0.570. The smallest absolute Gasteiger partial charge is 0.242 e. The van der Waals surface area contributed by atoms with Crippen molar-refractivity contribution in [2.75, 3.05) is 11.9 Å². The monoisotopic (exact) mass is 382 g/mol. The first-order valence-electron chi connectivity index (χ1n) is 8.86. The molecular weight excluding hydrogens is 360 g/mol. The van der Waals surface area contributed by atoms with Gasteiger partial charge in [0.05, 0.1) is 12.3 Å². The summed E-state index contributed by atoms with van der Waals surface area (Å²) in [5.41, 5.74) is 1.53. The molecule has 6 nitrogen and oxygen atoms in total. The molecule has 1 unspecified atom stereocenters. The van der Waals surface area contributed by atoms with E-state index in [-0.39, 0.29) is 5.91 Å². The summed E-state index contributed by atoms with van der Waals surface area (Å²) in [6.45, 7) is 4.44. The van der Waals surface area contributed by atoms with Crippen LogP contribution in [0.25, 0.3) is 0 Å². The highest BCUT2D eigenvalue weighted by molar-refractivity contribution is 8.00. The van der Waals surface area contributed by atoms with Crippen LogP contribution in [0.4, 0.5) is 5.69 Å². The molecule has 0 aliphatic carbocycles. The van der Waals surface area contributed by atoms with Crippen LogP contribution < -0.4 is 10.1 Å². The first kappa shape index (κ1) is 19.0. The van der Waals surface area contributed by atoms with Crippen molar-refractivity contribution < 1.29 is 9.53 Å². The normalized spacial score (nSPS) is 11.8. The van der Waals surface area contributed by atoms with E-state index in [0.29, 0.717) is 23.2 Å². The predicted molar refractivity (Wildman–Crippen MR) is 107 cm³/mol. The van der Waals surface area contributed by atoms with Gasteiger partial charge in [-0.25, -0.2) is 4.98 Å². The van der Waals surface area contributed by atoms with Crippen molar-refractivity contribution >= 4 is 23.4 Å². The van der Waals surface area contributed by atoms with E-state index < -0.39 is 5.25 Å². The van der Waals surface area contributed by atoms with Crippen molar-refractivity contribution in [2.45, 2.75) is 30.7 Å². The van der Waals surface area contributed by atoms with Gasteiger partial charge < -0.3 is 10.1 Å². The van der Waals surface area contributed by atoms with E-state index >= 15 is 0 Å². The van der Waals surface area contributed by atoms with E-state index in [0.717, 1.165) is 17.8 Å². The molecule has 1 amide bonds. The molecule has 0 fully saturated rings. The average molecular weight is 382 g/mol. The number of anilines is 1. The van der Waals surface area contributed by atoms with Crippen molar-refractivity contribution in [1.29, 1.82) is 0 Å². The Morgan fingerprint density at radius 3 is 2.59 bits per heavy atom. The van der Waals surface area contributed by atoms with Gasteiger partial charge in [0.25, 0.3) is 0 Å². The van der Waals surface area contributed by atoms with Crippen LogP contribution >= 0.6 is 11.8 Å². The number of aromatic amines is 1. The van der Waals surface area contributed by atoms with Gasteiger partial charge in [0.15, 0.2) is 0 Å². The van der Waals surface area contributed by atoms with Crippen molar-refractivity contribution in [3.8, 4) is 5.75 Å². The van der Waals surface area contributed by atoms with Crippen LogP contribution in [-0.4, -0.2) is 27.7 Å². The number of benzene rings is 2. The van der Waals surface area contributed by atoms with Crippen molar-refractivity contribution in [3.05, 3.63) is 66.0 Å². The summed E-state index contributed by atoms with van der Waals surface area (Å²) in [6.07, 6.45) is 0.761. The standard InChI is InChI=1S/C20H22N4O2S/c1-3-17-22-20(24-23-17)27-18(14-10-6-5-7-11-14)19(25)21-15-12-8-9-13-16(15)26-4-2/h5-13,18H,3-4H2,1-2H3,(H,21,25)(H,22,23,24). The summed E-state index contributed by atoms with van der Waals surface area (Å²) >= 11 is 1.32. The minimum absolute atomic E-state index is 0.152. The van der Waals surface area contributed by atoms with E-state index in [4.69, 9.17) is 4.74 Å². The van der Waals surface area contributed by atoms with Gasteiger partial charge in [-0.05, 0) is 24.6 Å². The number of carbonyl (C=O) groups excluding carboxylic acids is 1. The number of carbonyl (C=O) groups is 1. The number of amides is 1. The number of hydrogen-bond acceptors (Lipinski definition) is 5. The zero-order valence-corrected chi connectivity index (χ0v) is 16.1. The molecule has 0 saturated carbocycles. The van der Waals surface area contributed by atoms with Crippen molar-refractivity contribution in [2.24, 2.45) is 0 Å². The molecule has 7 heteroatoms. The van der Waals surface area contributed by atoms with Crippen LogP contribution in [-0.2, 0) is 11.2 Å². The maximum Gasteiger partial charge on any atom is 0.242 e. The number of ether oxygens (including phenoxy) is 1. The fourth-order valence-electron chi connectivity index (χ4n) is 2.54. The molecule has 1 heterocycles. The first-order valence-corrected chi connectivity index (χ1v) is 9.74. The molecule has 2 N–H and O–H groups in total. The Hall–Kier alpha value is -2.80. The number of nitrogens with one attached hydrogen (secondary N) is 2. The van der Waals surface area contributed by atoms with Crippen LogP contribution in [0.15, 0.2) is 59.8 Å². The van der Waals surface area contributed by atoms with E-state index in [2.05, 4.69) is 20.5 Å². The van der Waals surface area contributed by atoms with Gasteiger partial charge in [0.2, 0.25) is 11.1 Å². The molecule has 0 aliphatic heterocycles. The fraction of sp³-hybridized carbons (Fsp3) is 0.250. The molecule has 0 aliphatic rings. The summed E-state index contributed by atoms with van der Waals surface area (Å²) in [4.78, 5) is 17.5. The van der Waals surface area contributed by atoms with Gasteiger partial charge in [-0.15, -0.1) is 5.10 Å². The largest absolute Gasteiger partial charge is 0.492 e. The number of thioether (sulfide) groups is 1. The Kier molecular flexibility index (Phi) is 6.49.